The van der Waals surface area contributed by atoms with E-state index in [9.17, 15) is 9.59 Å². The summed E-state index contributed by atoms with van der Waals surface area (Å²) in [5, 5.41) is 0. The second-order valence-corrected chi connectivity index (χ2v) is 7.95. The lowest BCUT2D eigenvalue weighted by molar-refractivity contribution is -0.131. The number of carbonyl (C=O) groups excluding carboxylic acids is 2. The number of aryl methyl sites for hydroxylation is 1. The van der Waals surface area contributed by atoms with Gasteiger partial charge in [0.2, 0.25) is 5.91 Å². The molecule has 0 unspecified atom stereocenters. The van der Waals surface area contributed by atoms with Crippen molar-refractivity contribution in [2.75, 3.05) is 20.1 Å². The number of piperidine rings is 1. The van der Waals surface area contributed by atoms with E-state index in [0.29, 0.717) is 13.1 Å². The van der Waals surface area contributed by atoms with Crippen molar-refractivity contribution in [2.24, 2.45) is 0 Å². The minimum absolute atomic E-state index is 0.0597. The van der Waals surface area contributed by atoms with Crippen molar-refractivity contribution in [1.29, 1.82) is 0 Å². The van der Waals surface area contributed by atoms with Gasteiger partial charge in [0.25, 0.3) is 5.91 Å². The second-order valence-electron chi connectivity index (χ2n) is 7.95. The smallest absolute Gasteiger partial charge is 0.253 e. The molecule has 4 heteroatoms. The van der Waals surface area contributed by atoms with E-state index in [0.717, 1.165) is 36.0 Å². The molecule has 0 aliphatic carbocycles. The SMILES string of the molecule is Cc1ccc(C(=O)N2CCC3(CC2)C[C@@H](c2ccccc2)C(=O)N3C)cc1. The molecule has 0 aromatic heterocycles. The minimum atomic E-state index is -0.123. The first-order chi connectivity index (χ1) is 13.0. The summed E-state index contributed by atoms with van der Waals surface area (Å²) < 4.78 is 0. The van der Waals surface area contributed by atoms with Crippen LogP contribution in [-0.4, -0.2) is 47.3 Å². The van der Waals surface area contributed by atoms with Crippen molar-refractivity contribution in [2.45, 2.75) is 37.6 Å². The predicted molar refractivity (Wildman–Crippen MR) is 106 cm³/mol. The normalized spacial score (nSPS) is 21.7. The summed E-state index contributed by atoms with van der Waals surface area (Å²) in [5.41, 5.74) is 2.88. The van der Waals surface area contributed by atoms with Crippen LogP contribution in [0.15, 0.2) is 54.6 Å². The Bertz CT molecular complexity index is 836. The van der Waals surface area contributed by atoms with Crippen LogP contribution in [0, 0.1) is 6.92 Å². The van der Waals surface area contributed by atoms with Crippen LogP contribution in [0.5, 0.6) is 0 Å². The summed E-state index contributed by atoms with van der Waals surface area (Å²) in [6.07, 6.45) is 2.53. The van der Waals surface area contributed by atoms with E-state index in [2.05, 4.69) is 0 Å². The highest BCUT2D eigenvalue weighted by Crippen LogP contribution is 2.44. The van der Waals surface area contributed by atoms with Crippen molar-refractivity contribution in [3.05, 3.63) is 71.3 Å². The molecule has 1 atom stereocenters. The number of amides is 2. The van der Waals surface area contributed by atoms with Gasteiger partial charge in [-0.2, -0.15) is 0 Å². The molecule has 2 saturated heterocycles. The van der Waals surface area contributed by atoms with Crippen molar-refractivity contribution in [3.8, 4) is 0 Å². The molecule has 2 aliphatic heterocycles. The van der Waals surface area contributed by atoms with E-state index in [4.69, 9.17) is 0 Å². The Labute approximate surface area is 160 Å². The van der Waals surface area contributed by atoms with Crippen LogP contribution in [-0.2, 0) is 4.79 Å². The number of hydrogen-bond acceptors (Lipinski definition) is 2. The first kappa shape index (κ1) is 17.8. The van der Waals surface area contributed by atoms with Crippen LogP contribution in [0.4, 0.5) is 0 Å². The number of likely N-dealkylation sites (N-methyl/N-ethyl adjacent to an activating group) is 1. The predicted octanol–water partition coefficient (Wildman–Crippen LogP) is 3.62. The standard InChI is InChI=1S/C23H26N2O2/c1-17-8-10-19(11-9-17)21(26)25-14-12-23(13-15-25)16-20(22(27)24(23)2)18-6-4-3-5-7-18/h3-11,20H,12-16H2,1-2H3/t20-/m0/s1. The van der Waals surface area contributed by atoms with Gasteiger partial charge >= 0.3 is 0 Å². The average molecular weight is 362 g/mol. The van der Waals surface area contributed by atoms with E-state index < -0.39 is 0 Å². The molecular formula is C23H26N2O2. The van der Waals surface area contributed by atoms with Gasteiger partial charge in [0, 0.05) is 31.2 Å². The van der Waals surface area contributed by atoms with Crippen LogP contribution in [0.25, 0.3) is 0 Å². The van der Waals surface area contributed by atoms with Crippen LogP contribution < -0.4 is 0 Å². The molecule has 1 spiro atoms. The third-order valence-electron chi connectivity index (χ3n) is 6.41. The van der Waals surface area contributed by atoms with Gasteiger partial charge in [0.05, 0.1) is 5.92 Å². The first-order valence-electron chi connectivity index (χ1n) is 9.69. The Balaban J connectivity index is 1.47. The topological polar surface area (TPSA) is 40.6 Å². The fourth-order valence-electron chi connectivity index (χ4n) is 4.56. The number of nitrogens with zero attached hydrogens (tertiary/aromatic N) is 2. The highest BCUT2D eigenvalue weighted by atomic mass is 16.2. The highest BCUT2D eigenvalue weighted by molar-refractivity contribution is 5.94. The van der Waals surface area contributed by atoms with Gasteiger partial charge in [-0.3, -0.25) is 9.59 Å². The zero-order valence-corrected chi connectivity index (χ0v) is 16.0. The number of rotatable bonds is 2. The molecule has 0 radical (unpaired) electrons. The minimum Gasteiger partial charge on any atom is -0.339 e. The summed E-state index contributed by atoms with van der Waals surface area (Å²) in [4.78, 5) is 29.6. The molecule has 2 aromatic carbocycles. The maximum Gasteiger partial charge on any atom is 0.253 e. The third-order valence-corrected chi connectivity index (χ3v) is 6.41. The third kappa shape index (κ3) is 3.14. The fraction of sp³-hybridized carbons (Fsp3) is 0.391. The van der Waals surface area contributed by atoms with Crippen LogP contribution in [0.2, 0.25) is 0 Å². The van der Waals surface area contributed by atoms with E-state index >= 15 is 0 Å². The Morgan fingerprint density at radius 2 is 1.63 bits per heavy atom. The van der Waals surface area contributed by atoms with E-state index in [-0.39, 0.29) is 23.3 Å². The Hall–Kier alpha value is -2.62. The zero-order valence-electron chi connectivity index (χ0n) is 16.0. The summed E-state index contributed by atoms with van der Waals surface area (Å²) >= 11 is 0. The zero-order chi connectivity index (χ0) is 19.0. The largest absolute Gasteiger partial charge is 0.339 e. The number of hydrogen-bond donors (Lipinski definition) is 0. The van der Waals surface area contributed by atoms with Gasteiger partial charge in [-0.15, -0.1) is 0 Å². The molecule has 2 aromatic rings. The lowest BCUT2D eigenvalue weighted by Gasteiger charge is -2.43. The molecule has 2 fully saturated rings. The van der Waals surface area contributed by atoms with Crippen LogP contribution in [0.3, 0.4) is 0 Å². The maximum atomic E-state index is 12.9. The average Bonchev–Trinajstić information content (AvgIpc) is 2.95. The Morgan fingerprint density at radius 3 is 2.26 bits per heavy atom. The summed E-state index contributed by atoms with van der Waals surface area (Å²) in [6, 6.07) is 17.8. The molecule has 0 N–H and O–H groups in total. The second kappa shape index (κ2) is 6.84. The lowest BCUT2D eigenvalue weighted by Crippen LogP contribution is -2.52. The summed E-state index contributed by atoms with van der Waals surface area (Å²) in [7, 11) is 1.93. The molecular weight excluding hydrogens is 336 g/mol. The quantitative estimate of drug-likeness (QED) is 0.819. The molecule has 0 bridgehead atoms. The van der Waals surface area contributed by atoms with E-state index in [1.165, 1.54) is 0 Å². The van der Waals surface area contributed by atoms with Crippen molar-refractivity contribution in [3.63, 3.8) is 0 Å². The van der Waals surface area contributed by atoms with Crippen molar-refractivity contribution < 1.29 is 9.59 Å². The molecule has 4 nitrogen and oxygen atoms in total. The Morgan fingerprint density at radius 1 is 1.00 bits per heavy atom. The lowest BCUT2D eigenvalue weighted by atomic mass is 9.81. The van der Waals surface area contributed by atoms with E-state index in [1.54, 1.807) is 0 Å². The van der Waals surface area contributed by atoms with Gasteiger partial charge < -0.3 is 9.80 Å². The summed E-state index contributed by atoms with van der Waals surface area (Å²) in [5.74, 6) is 0.242. The molecule has 2 heterocycles. The number of likely N-dealkylation sites (tertiary alicyclic amines) is 2. The first-order valence-corrected chi connectivity index (χ1v) is 9.69. The molecule has 0 saturated carbocycles. The van der Waals surface area contributed by atoms with Gasteiger partial charge in [-0.05, 0) is 43.9 Å². The molecule has 27 heavy (non-hydrogen) atoms. The monoisotopic (exact) mass is 362 g/mol. The van der Waals surface area contributed by atoms with Crippen molar-refractivity contribution in [1.82, 2.24) is 9.80 Å². The van der Waals surface area contributed by atoms with Crippen LogP contribution in [0.1, 0.15) is 46.7 Å². The fourth-order valence-corrected chi connectivity index (χ4v) is 4.56. The van der Waals surface area contributed by atoms with Crippen molar-refractivity contribution >= 4 is 11.8 Å². The van der Waals surface area contributed by atoms with Gasteiger partial charge in [0.1, 0.15) is 0 Å². The van der Waals surface area contributed by atoms with E-state index in [1.807, 2.05) is 78.4 Å². The van der Waals surface area contributed by atoms with Gasteiger partial charge in [0.15, 0.2) is 0 Å². The highest BCUT2D eigenvalue weighted by Gasteiger charge is 2.50. The number of benzene rings is 2. The molecule has 2 aliphatic rings. The van der Waals surface area contributed by atoms with Gasteiger partial charge in [-0.1, -0.05) is 48.0 Å². The Kier molecular flexibility index (Phi) is 4.50. The van der Waals surface area contributed by atoms with Crippen LogP contribution >= 0.6 is 0 Å². The molecule has 4 rings (SSSR count). The summed E-state index contributed by atoms with van der Waals surface area (Å²) in [6.45, 7) is 3.42. The van der Waals surface area contributed by atoms with Gasteiger partial charge in [-0.25, -0.2) is 0 Å². The molecule has 140 valence electrons. The maximum absolute atomic E-state index is 12.9. The number of carbonyl (C=O) groups is 2. The molecule has 2 amide bonds.